The Bertz CT molecular complexity index is 966. The van der Waals surface area contributed by atoms with Crippen LogP contribution in [0.2, 0.25) is 0 Å². The molecule has 3 rings (SSSR count). The van der Waals surface area contributed by atoms with Crippen molar-refractivity contribution in [2.75, 3.05) is 17.8 Å². The Balaban J connectivity index is 1.80. The van der Waals surface area contributed by atoms with Crippen molar-refractivity contribution in [2.24, 2.45) is 0 Å². The lowest BCUT2D eigenvalue weighted by molar-refractivity contribution is -0.113. The third-order valence-corrected chi connectivity index (χ3v) is 6.50. The van der Waals surface area contributed by atoms with E-state index in [4.69, 9.17) is 9.72 Å². The average molecular weight is 439 g/mol. The van der Waals surface area contributed by atoms with Gasteiger partial charge in [-0.05, 0) is 66.8 Å². The number of thiazole rings is 1. The van der Waals surface area contributed by atoms with Gasteiger partial charge in [0.1, 0.15) is 5.75 Å². The number of methoxy groups -OCH3 is 1. The number of ether oxygens (including phenoxy) is 1. The van der Waals surface area contributed by atoms with Gasteiger partial charge in [-0.2, -0.15) is 0 Å². The van der Waals surface area contributed by atoms with Crippen molar-refractivity contribution in [3.63, 3.8) is 0 Å². The van der Waals surface area contributed by atoms with E-state index in [1.54, 1.807) is 12.0 Å². The van der Waals surface area contributed by atoms with Crippen LogP contribution in [0, 0.1) is 0 Å². The highest BCUT2D eigenvalue weighted by molar-refractivity contribution is 7.99. The van der Waals surface area contributed by atoms with Crippen LogP contribution in [0.15, 0.2) is 71.5 Å². The zero-order valence-corrected chi connectivity index (χ0v) is 19.0. The highest BCUT2D eigenvalue weighted by Gasteiger charge is 2.19. The maximum Gasteiger partial charge on any atom is 0.256 e. The zero-order valence-electron chi connectivity index (χ0n) is 17.3. The molecular weight excluding hydrogens is 412 g/mol. The summed E-state index contributed by atoms with van der Waals surface area (Å²) in [6.07, 6.45) is 5.02. The Morgan fingerprint density at radius 1 is 1.17 bits per heavy atom. The molecule has 0 fully saturated rings. The van der Waals surface area contributed by atoms with Crippen molar-refractivity contribution < 1.29 is 9.53 Å². The molecule has 0 unspecified atom stereocenters. The predicted molar refractivity (Wildman–Crippen MR) is 128 cm³/mol. The van der Waals surface area contributed by atoms with Gasteiger partial charge in [0, 0.05) is 15.8 Å². The van der Waals surface area contributed by atoms with Crippen molar-refractivity contribution in [3.8, 4) is 17.0 Å². The summed E-state index contributed by atoms with van der Waals surface area (Å²) in [6.45, 7) is 5.87. The van der Waals surface area contributed by atoms with Crippen LogP contribution in [0.5, 0.6) is 5.75 Å². The summed E-state index contributed by atoms with van der Waals surface area (Å²) in [4.78, 5) is 20.1. The molecule has 0 saturated carbocycles. The van der Waals surface area contributed by atoms with Gasteiger partial charge < -0.3 is 4.74 Å². The molecule has 0 bridgehead atoms. The van der Waals surface area contributed by atoms with Crippen molar-refractivity contribution in [2.45, 2.75) is 31.1 Å². The van der Waals surface area contributed by atoms with Crippen LogP contribution in [0.4, 0.5) is 10.8 Å². The van der Waals surface area contributed by atoms with Gasteiger partial charge in [0.15, 0.2) is 5.13 Å². The molecule has 0 atom stereocenters. The topological polar surface area (TPSA) is 42.4 Å². The summed E-state index contributed by atoms with van der Waals surface area (Å²) in [5.41, 5.74) is 2.58. The molecule has 0 spiro atoms. The van der Waals surface area contributed by atoms with E-state index in [1.165, 1.54) is 41.6 Å². The first-order valence-electron chi connectivity index (χ1n) is 9.95. The fraction of sp³-hybridized carbons (Fsp3) is 0.250. The summed E-state index contributed by atoms with van der Waals surface area (Å²) in [5, 5.41) is 2.58. The largest absolute Gasteiger partial charge is 0.497 e. The van der Waals surface area contributed by atoms with E-state index in [-0.39, 0.29) is 5.91 Å². The molecule has 2 aromatic carbocycles. The minimum atomic E-state index is -0.200. The smallest absolute Gasteiger partial charge is 0.256 e. The lowest BCUT2D eigenvalue weighted by Crippen LogP contribution is -2.23. The van der Waals surface area contributed by atoms with Crippen LogP contribution in [0.1, 0.15) is 26.2 Å². The number of hydrogen-bond acceptors (Lipinski definition) is 5. The monoisotopic (exact) mass is 438 g/mol. The lowest BCUT2D eigenvalue weighted by atomic mass is 10.2. The standard InChI is InChI=1S/C24H26N2O2S2/c1-4-6-7-16-29-21-14-10-19(11-15-21)26(23(27)5-2)24-25-22(17-30-24)18-8-12-20(28-3)13-9-18/h5,8-15,17H,2,4,6-7,16H2,1,3H3. The molecule has 3 aromatic rings. The fourth-order valence-corrected chi connectivity index (χ4v) is 4.69. The molecular formula is C24H26N2O2S2. The number of carbonyl (C=O) groups excluding carboxylic acids is 1. The third kappa shape index (κ3) is 5.52. The molecule has 30 heavy (non-hydrogen) atoms. The lowest BCUT2D eigenvalue weighted by Gasteiger charge is -2.18. The molecule has 0 saturated heterocycles. The van der Waals surface area contributed by atoms with E-state index in [9.17, 15) is 4.79 Å². The fourth-order valence-electron chi connectivity index (χ4n) is 2.92. The average Bonchev–Trinajstić information content (AvgIpc) is 3.27. The summed E-state index contributed by atoms with van der Waals surface area (Å²) >= 11 is 3.28. The number of amides is 1. The summed E-state index contributed by atoms with van der Waals surface area (Å²) in [6, 6.07) is 15.8. The second kappa shape index (κ2) is 11.0. The van der Waals surface area contributed by atoms with Gasteiger partial charge in [-0.15, -0.1) is 23.1 Å². The van der Waals surface area contributed by atoms with E-state index in [0.717, 1.165) is 28.4 Å². The van der Waals surface area contributed by atoms with Crippen LogP contribution in [-0.4, -0.2) is 23.8 Å². The number of hydrogen-bond donors (Lipinski definition) is 0. The predicted octanol–water partition coefficient (Wildman–Crippen LogP) is 6.95. The van der Waals surface area contributed by atoms with Gasteiger partial charge in [-0.1, -0.05) is 26.3 Å². The Labute approximate surface area is 186 Å². The van der Waals surface area contributed by atoms with Gasteiger partial charge in [0.2, 0.25) is 0 Å². The highest BCUT2D eigenvalue weighted by Crippen LogP contribution is 2.34. The molecule has 1 heterocycles. The highest BCUT2D eigenvalue weighted by atomic mass is 32.2. The Morgan fingerprint density at radius 2 is 1.90 bits per heavy atom. The molecule has 0 aliphatic rings. The maximum atomic E-state index is 12.6. The van der Waals surface area contributed by atoms with E-state index in [0.29, 0.717) is 5.13 Å². The Hall–Kier alpha value is -2.57. The van der Waals surface area contributed by atoms with Crippen LogP contribution < -0.4 is 9.64 Å². The maximum absolute atomic E-state index is 12.6. The number of nitrogens with zero attached hydrogens (tertiary/aromatic N) is 2. The van der Waals surface area contributed by atoms with Gasteiger partial charge >= 0.3 is 0 Å². The summed E-state index contributed by atoms with van der Waals surface area (Å²) in [5.74, 6) is 1.71. The first-order valence-corrected chi connectivity index (χ1v) is 11.8. The number of rotatable bonds is 10. The number of carbonyl (C=O) groups is 1. The van der Waals surface area contributed by atoms with Gasteiger partial charge in [-0.25, -0.2) is 4.98 Å². The van der Waals surface area contributed by atoms with Crippen molar-refractivity contribution in [1.29, 1.82) is 0 Å². The molecule has 0 aliphatic carbocycles. The van der Waals surface area contributed by atoms with Gasteiger partial charge in [-0.3, -0.25) is 9.69 Å². The number of unbranched alkanes of at least 4 members (excludes halogenated alkanes) is 2. The number of anilines is 2. The molecule has 0 aliphatic heterocycles. The van der Waals surface area contributed by atoms with E-state index in [1.807, 2.05) is 53.5 Å². The Kier molecular flexibility index (Phi) is 8.11. The normalized spacial score (nSPS) is 10.6. The van der Waals surface area contributed by atoms with Crippen LogP contribution >= 0.6 is 23.1 Å². The second-order valence-electron chi connectivity index (χ2n) is 6.67. The quantitative estimate of drug-likeness (QED) is 0.195. The minimum absolute atomic E-state index is 0.200. The van der Waals surface area contributed by atoms with Gasteiger partial charge in [0.05, 0.1) is 18.5 Å². The van der Waals surface area contributed by atoms with Crippen LogP contribution in [0.3, 0.4) is 0 Å². The molecule has 4 nitrogen and oxygen atoms in total. The van der Waals surface area contributed by atoms with Crippen LogP contribution in [0.25, 0.3) is 11.3 Å². The summed E-state index contributed by atoms with van der Waals surface area (Å²) < 4.78 is 5.21. The molecule has 156 valence electrons. The van der Waals surface area contributed by atoms with E-state index in [2.05, 4.69) is 25.6 Å². The molecule has 6 heteroatoms. The van der Waals surface area contributed by atoms with Crippen molar-refractivity contribution in [3.05, 3.63) is 66.6 Å². The summed E-state index contributed by atoms with van der Waals surface area (Å²) in [7, 11) is 1.64. The molecule has 0 N–H and O–H groups in total. The van der Waals surface area contributed by atoms with Crippen molar-refractivity contribution in [1.82, 2.24) is 4.98 Å². The SMILES string of the molecule is C=CC(=O)N(c1ccc(SCCCCC)cc1)c1nc(-c2ccc(OC)cc2)cs1. The minimum Gasteiger partial charge on any atom is -0.497 e. The Morgan fingerprint density at radius 3 is 2.53 bits per heavy atom. The molecule has 1 amide bonds. The zero-order chi connectivity index (χ0) is 21.3. The van der Waals surface area contributed by atoms with E-state index < -0.39 is 0 Å². The molecule has 1 aromatic heterocycles. The molecule has 0 radical (unpaired) electrons. The third-order valence-electron chi connectivity index (χ3n) is 4.58. The second-order valence-corrected chi connectivity index (χ2v) is 8.68. The van der Waals surface area contributed by atoms with Crippen molar-refractivity contribution >= 4 is 39.8 Å². The number of aromatic nitrogens is 1. The van der Waals surface area contributed by atoms with E-state index >= 15 is 0 Å². The number of benzene rings is 2. The van der Waals surface area contributed by atoms with Crippen LogP contribution in [-0.2, 0) is 4.79 Å². The first kappa shape index (κ1) is 22.1. The van der Waals surface area contributed by atoms with Gasteiger partial charge in [0.25, 0.3) is 5.91 Å². The first-order chi connectivity index (χ1) is 14.7. The number of thioether (sulfide) groups is 1.